The third kappa shape index (κ3) is 4.43. The highest BCUT2D eigenvalue weighted by molar-refractivity contribution is 5.83. The van der Waals surface area contributed by atoms with Gasteiger partial charge in [-0.25, -0.2) is 9.78 Å². The largest absolute Gasteiger partial charge is 0.515 e. The Labute approximate surface area is 196 Å². The summed E-state index contributed by atoms with van der Waals surface area (Å²) in [5, 5.41) is 4.72. The molecule has 0 spiro atoms. The van der Waals surface area contributed by atoms with E-state index in [0.717, 1.165) is 16.7 Å². The summed E-state index contributed by atoms with van der Waals surface area (Å²) in [6, 6.07) is 20.8. The molecular weight excluding hydrogens is 434 g/mol. The van der Waals surface area contributed by atoms with Crippen molar-refractivity contribution in [3.63, 3.8) is 0 Å². The molecule has 0 N–H and O–H groups in total. The van der Waals surface area contributed by atoms with Crippen LogP contribution in [0.15, 0.2) is 72.9 Å². The minimum absolute atomic E-state index is 0.198. The molecule has 0 saturated carbocycles. The molecular formula is C26H23N3O5. The van der Waals surface area contributed by atoms with Crippen LogP contribution in [-0.2, 0) is 4.74 Å². The highest BCUT2D eigenvalue weighted by atomic mass is 16.7. The van der Waals surface area contributed by atoms with Crippen LogP contribution in [-0.4, -0.2) is 33.3 Å². The fraction of sp³-hybridized carbons (Fsp3) is 0.192. The van der Waals surface area contributed by atoms with Crippen molar-refractivity contribution >= 4 is 6.16 Å². The number of nitrogens with zero attached hydrogens (tertiary/aromatic N) is 3. The van der Waals surface area contributed by atoms with E-state index in [1.807, 2.05) is 48.5 Å². The van der Waals surface area contributed by atoms with E-state index in [4.69, 9.17) is 24.0 Å². The van der Waals surface area contributed by atoms with Crippen LogP contribution >= 0.6 is 0 Å². The van der Waals surface area contributed by atoms with E-state index >= 15 is 0 Å². The van der Waals surface area contributed by atoms with Crippen LogP contribution in [0.5, 0.6) is 17.4 Å². The molecule has 1 aliphatic rings. The first-order chi connectivity index (χ1) is 16.4. The van der Waals surface area contributed by atoms with Gasteiger partial charge >= 0.3 is 6.16 Å². The summed E-state index contributed by atoms with van der Waals surface area (Å²) < 4.78 is 23.4. The van der Waals surface area contributed by atoms with Crippen molar-refractivity contribution in [1.29, 1.82) is 0 Å². The third-order valence-corrected chi connectivity index (χ3v) is 5.01. The van der Waals surface area contributed by atoms with Crippen LogP contribution < -0.4 is 14.2 Å². The van der Waals surface area contributed by atoms with Gasteiger partial charge in [-0.3, -0.25) is 0 Å². The van der Waals surface area contributed by atoms with E-state index in [0.29, 0.717) is 23.0 Å². The Bertz CT molecular complexity index is 1340. The Kier molecular flexibility index (Phi) is 5.41. The Balaban J connectivity index is 1.57. The van der Waals surface area contributed by atoms with E-state index in [2.05, 4.69) is 4.98 Å². The molecule has 0 fully saturated rings. The number of fused-ring (bicyclic) bond motifs is 1. The van der Waals surface area contributed by atoms with Gasteiger partial charge in [0, 0.05) is 17.8 Å². The Morgan fingerprint density at radius 3 is 2.47 bits per heavy atom. The zero-order chi connectivity index (χ0) is 23.7. The molecule has 2 aromatic carbocycles. The van der Waals surface area contributed by atoms with Crippen LogP contribution in [0.4, 0.5) is 4.79 Å². The summed E-state index contributed by atoms with van der Waals surface area (Å²) in [6.07, 6.45) is 0.828. The number of carbonyl (C=O) groups excluding carboxylic acids is 1. The summed E-state index contributed by atoms with van der Waals surface area (Å²) in [5.74, 6) is 2.12. The molecule has 172 valence electrons. The normalized spacial score (nSPS) is 12.4. The summed E-state index contributed by atoms with van der Waals surface area (Å²) in [6.45, 7) is 5.53. The van der Waals surface area contributed by atoms with Gasteiger partial charge < -0.3 is 18.9 Å². The summed E-state index contributed by atoms with van der Waals surface area (Å²) in [5.41, 5.74) is 2.65. The van der Waals surface area contributed by atoms with Crippen molar-refractivity contribution in [2.75, 3.05) is 6.79 Å². The number of hydrogen-bond donors (Lipinski definition) is 0. The fourth-order valence-electron chi connectivity index (χ4n) is 3.59. The standard InChI is InChI=1S/C26H23N3O5/c1-26(2,3)34-25(30)33-24-15-20(28-29(24)23-10-6-7-13-27-23)19-9-5-4-8-18(19)17-11-12-21-22(14-17)32-16-31-21/h4-15H,16H2,1-3H3. The Morgan fingerprint density at radius 2 is 1.71 bits per heavy atom. The average Bonchev–Trinajstić information content (AvgIpc) is 3.45. The molecule has 0 atom stereocenters. The van der Waals surface area contributed by atoms with Crippen LogP contribution in [0.3, 0.4) is 0 Å². The van der Waals surface area contributed by atoms with Crippen molar-refractivity contribution < 1.29 is 23.7 Å². The van der Waals surface area contributed by atoms with Crippen molar-refractivity contribution in [3.8, 4) is 45.6 Å². The van der Waals surface area contributed by atoms with Crippen molar-refractivity contribution in [1.82, 2.24) is 14.8 Å². The minimum Gasteiger partial charge on any atom is -0.454 e. The van der Waals surface area contributed by atoms with Gasteiger partial charge in [-0.2, -0.15) is 9.78 Å². The van der Waals surface area contributed by atoms with Gasteiger partial charge in [0.2, 0.25) is 12.7 Å². The highest BCUT2D eigenvalue weighted by Crippen LogP contribution is 2.39. The van der Waals surface area contributed by atoms with Crippen molar-refractivity contribution in [3.05, 3.63) is 72.9 Å². The maximum absolute atomic E-state index is 12.4. The van der Waals surface area contributed by atoms with E-state index in [9.17, 15) is 4.79 Å². The lowest BCUT2D eigenvalue weighted by Gasteiger charge is -2.18. The molecule has 0 aliphatic carbocycles. The second-order valence-electron chi connectivity index (χ2n) is 8.65. The lowest BCUT2D eigenvalue weighted by molar-refractivity contribution is 0.0192. The maximum atomic E-state index is 12.4. The van der Waals surface area contributed by atoms with Gasteiger partial charge in [0.05, 0.1) is 5.69 Å². The second-order valence-corrected chi connectivity index (χ2v) is 8.65. The molecule has 8 heteroatoms. The quantitative estimate of drug-likeness (QED) is 0.366. The second kappa shape index (κ2) is 8.55. The monoisotopic (exact) mass is 457 g/mol. The zero-order valence-corrected chi connectivity index (χ0v) is 19.0. The predicted molar refractivity (Wildman–Crippen MR) is 125 cm³/mol. The van der Waals surface area contributed by atoms with Gasteiger partial charge in [0.15, 0.2) is 17.3 Å². The number of benzene rings is 2. The molecule has 0 saturated heterocycles. The lowest BCUT2D eigenvalue weighted by atomic mass is 9.97. The predicted octanol–water partition coefficient (Wildman–Crippen LogP) is 5.64. The molecule has 5 rings (SSSR count). The molecule has 0 unspecified atom stereocenters. The highest BCUT2D eigenvalue weighted by Gasteiger charge is 2.23. The molecule has 8 nitrogen and oxygen atoms in total. The van der Waals surface area contributed by atoms with Crippen molar-refractivity contribution in [2.24, 2.45) is 0 Å². The first-order valence-electron chi connectivity index (χ1n) is 10.8. The van der Waals surface area contributed by atoms with E-state index in [1.165, 1.54) is 4.68 Å². The molecule has 0 radical (unpaired) electrons. The molecule has 2 aromatic heterocycles. The van der Waals surface area contributed by atoms with Gasteiger partial charge in [-0.1, -0.05) is 36.4 Å². The fourth-order valence-corrected chi connectivity index (χ4v) is 3.59. The number of rotatable bonds is 4. The number of ether oxygens (including phenoxy) is 4. The molecule has 4 aromatic rings. The lowest BCUT2D eigenvalue weighted by Crippen LogP contribution is -2.26. The summed E-state index contributed by atoms with van der Waals surface area (Å²) in [7, 11) is 0. The van der Waals surface area contributed by atoms with E-state index < -0.39 is 11.8 Å². The maximum Gasteiger partial charge on any atom is 0.515 e. The summed E-state index contributed by atoms with van der Waals surface area (Å²) >= 11 is 0. The Hall–Kier alpha value is -4.33. The van der Waals surface area contributed by atoms with Crippen molar-refractivity contribution in [2.45, 2.75) is 26.4 Å². The molecule has 1 aliphatic heterocycles. The van der Waals surface area contributed by atoms with Gasteiger partial charge in [0.1, 0.15) is 5.60 Å². The molecule has 3 heterocycles. The van der Waals surface area contributed by atoms with Gasteiger partial charge in [0.25, 0.3) is 0 Å². The molecule has 0 amide bonds. The number of carbonyl (C=O) groups is 1. The Morgan fingerprint density at radius 1 is 0.941 bits per heavy atom. The van der Waals surface area contributed by atoms with Gasteiger partial charge in [-0.05, 0) is 56.2 Å². The SMILES string of the molecule is CC(C)(C)OC(=O)Oc1cc(-c2ccccc2-c2ccc3c(c2)OCO3)nn1-c1ccccn1. The number of hydrogen-bond acceptors (Lipinski definition) is 7. The topological polar surface area (TPSA) is 84.7 Å². The molecule has 0 bridgehead atoms. The first-order valence-corrected chi connectivity index (χ1v) is 10.8. The minimum atomic E-state index is -0.819. The van der Waals surface area contributed by atoms with Gasteiger partial charge in [-0.15, -0.1) is 0 Å². The van der Waals surface area contributed by atoms with Crippen LogP contribution in [0.2, 0.25) is 0 Å². The van der Waals surface area contributed by atoms with Crippen LogP contribution in [0.1, 0.15) is 20.8 Å². The zero-order valence-electron chi connectivity index (χ0n) is 19.0. The van der Waals surface area contributed by atoms with E-state index in [1.54, 1.807) is 45.2 Å². The smallest absolute Gasteiger partial charge is 0.454 e. The number of aromatic nitrogens is 3. The number of pyridine rings is 1. The van der Waals surface area contributed by atoms with E-state index in [-0.39, 0.29) is 12.7 Å². The van der Waals surface area contributed by atoms with Crippen LogP contribution in [0, 0.1) is 0 Å². The summed E-state index contributed by atoms with van der Waals surface area (Å²) in [4.78, 5) is 16.8. The third-order valence-electron chi connectivity index (χ3n) is 5.01. The average molecular weight is 457 g/mol. The molecule has 34 heavy (non-hydrogen) atoms. The first kappa shape index (κ1) is 21.5. The van der Waals surface area contributed by atoms with Crippen LogP contribution in [0.25, 0.3) is 28.2 Å².